The first kappa shape index (κ1) is 10.6. The lowest BCUT2D eigenvalue weighted by Gasteiger charge is -2.02. The Morgan fingerprint density at radius 3 is 2.75 bits per heavy atom. The molecule has 0 bridgehead atoms. The van der Waals surface area contributed by atoms with Crippen molar-refractivity contribution in [2.24, 2.45) is 7.05 Å². The Morgan fingerprint density at radius 2 is 2.12 bits per heavy atom. The first-order valence-electron chi connectivity index (χ1n) is 5.26. The van der Waals surface area contributed by atoms with Gasteiger partial charge in [-0.05, 0) is 12.5 Å². The van der Waals surface area contributed by atoms with Gasteiger partial charge in [-0.15, -0.1) is 0 Å². The van der Waals surface area contributed by atoms with Crippen LogP contribution < -0.4 is 4.57 Å². The molecule has 3 nitrogen and oxygen atoms in total. The van der Waals surface area contributed by atoms with Crippen molar-refractivity contribution >= 4 is 5.78 Å². The molecule has 0 amide bonds. The van der Waals surface area contributed by atoms with E-state index in [0.29, 0.717) is 6.54 Å². The van der Waals surface area contributed by atoms with Crippen LogP contribution in [0.4, 0.5) is 0 Å². The van der Waals surface area contributed by atoms with Crippen LogP contribution in [0.25, 0.3) is 0 Å². The minimum absolute atomic E-state index is 0.148. The number of carbonyl (C=O) groups is 1. The van der Waals surface area contributed by atoms with Crippen molar-refractivity contribution < 1.29 is 9.36 Å². The summed E-state index contributed by atoms with van der Waals surface area (Å²) in [6.07, 6.45) is 5.72. The number of aryl methyl sites for hydroxylation is 2. The Kier molecular flexibility index (Phi) is 2.86. The van der Waals surface area contributed by atoms with Gasteiger partial charge in [0, 0.05) is 5.56 Å². The van der Waals surface area contributed by atoms with Crippen LogP contribution in [0, 0.1) is 6.92 Å². The van der Waals surface area contributed by atoms with Gasteiger partial charge in [0.15, 0.2) is 6.54 Å². The van der Waals surface area contributed by atoms with Crippen molar-refractivity contribution in [2.75, 3.05) is 0 Å². The molecule has 3 heteroatoms. The summed E-state index contributed by atoms with van der Waals surface area (Å²) in [4.78, 5) is 12.0. The summed E-state index contributed by atoms with van der Waals surface area (Å²) in [5, 5.41) is 0. The molecule has 0 saturated carbocycles. The molecule has 0 N–H and O–H groups in total. The third-order valence-electron chi connectivity index (χ3n) is 2.60. The zero-order chi connectivity index (χ0) is 11.5. The number of nitrogens with zero attached hydrogens (tertiary/aromatic N) is 2. The molecule has 0 radical (unpaired) electrons. The van der Waals surface area contributed by atoms with E-state index in [4.69, 9.17) is 0 Å². The van der Waals surface area contributed by atoms with E-state index in [2.05, 4.69) is 0 Å². The number of imidazole rings is 1. The molecule has 16 heavy (non-hydrogen) atoms. The van der Waals surface area contributed by atoms with Gasteiger partial charge in [0.25, 0.3) is 0 Å². The normalized spacial score (nSPS) is 10.4. The van der Waals surface area contributed by atoms with Gasteiger partial charge in [-0.1, -0.05) is 24.3 Å². The fourth-order valence-electron chi connectivity index (χ4n) is 1.73. The van der Waals surface area contributed by atoms with E-state index >= 15 is 0 Å². The molecule has 1 aromatic carbocycles. The van der Waals surface area contributed by atoms with Crippen LogP contribution in [0.3, 0.4) is 0 Å². The van der Waals surface area contributed by atoms with Crippen molar-refractivity contribution in [2.45, 2.75) is 13.5 Å². The second-order valence-corrected chi connectivity index (χ2v) is 3.99. The second-order valence-electron chi connectivity index (χ2n) is 3.99. The van der Waals surface area contributed by atoms with Crippen molar-refractivity contribution in [3.63, 3.8) is 0 Å². The molecular formula is C13H15N2O+. The molecule has 0 spiro atoms. The lowest BCUT2D eigenvalue weighted by Crippen LogP contribution is -2.35. The van der Waals surface area contributed by atoms with Gasteiger partial charge in [-0.3, -0.25) is 4.79 Å². The molecule has 2 aromatic rings. The maximum atomic E-state index is 12.0. The highest BCUT2D eigenvalue weighted by Gasteiger charge is 2.12. The summed E-state index contributed by atoms with van der Waals surface area (Å²) in [6, 6.07) is 7.68. The fourth-order valence-corrected chi connectivity index (χ4v) is 1.73. The summed E-state index contributed by atoms with van der Waals surface area (Å²) in [5.74, 6) is 0.148. The summed E-state index contributed by atoms with van der Waals surface area (Å²) in [7, 11) is 1.94. The zero-order valence-corrected chi connectivity index (χ0v) is 9.55. The number of rotatable bonds is 3. The first-order valence-corrected chi connectivity index (χ1v) is 5.26. The SMILES string of the molecule is Cc1ccccc1C(=O)C[n+]1ccn(C)c1. The molecular weight excluding hydrogens is 200 g/mol. The molecule has 0 aliphatic heterocycles. The molecule has 0 aliphatic rings. The fraction of sp³-hybridized carbons (Fsp3) is 0.231. The molecule has 1 heterocycles. The number of hydrogen-bond donors (Lipinski definition) is 0. The Hall–Kier alpha value is -1.90. The van der Waals surface area contributed by atoms with Crippen LogP contribution in [0.2, 0.25) is 0 Å². The Morgan fingerprint density at radius 1 is 1.38 bits per heavy atom. The molecule has 0 atom stereocenters. The van der Waals surface area contributed by atoms with Crippen LogP contribution >= 0.6 is 0 Å². The highest BCUT2D eigenvalue weighted by Crippen LogP contribution is 2.07. The van der Waals surface area contributed by atoms with E-state index in [0.717, 1.165) is 11.1 Å². The van der Waals surface area contributed by atoms with E-state index in [-0.39, 0.29) is 5.78 Å². The minimum atomic E-state index is 0.148. The summed E-state index contributed by atoms with van der Waals surface area (Å²) < 4.78 is 3.81. The summed E-state index contributed by atoms with van der Waals surface area (Å²) >= 11 is 0. The number of hydrogen-bond acceptors (Lipinski definition) is 1. The van der Waals surface area contributed by atoms with Gasteiger partial charge < -0.3 is 0 Å². The Balaban J connectivity index is 2.18. The highest BCUT2D eigenvalue weighted by molar-refractivity contribution is 5.96. The van der Waals surface area contributed by atoms with E-state index < -0.39 is 0 Å². The number of aromatic nitrogens is 2. The van der Waals surface area contributed by atoms with E-state index in [1.165, 1.54) is 0 Å². The lowest BCUT2D eigenvalue weighted by molar-refractivity contribution is -0.682. The first-order chi connectivity index (χ1) is 7.66. The molecule has 1 aromatic heterocycles. The molecule has 82 valence electrons. The average Bonchev–Trinajstić information content (AvgIpc) is 2.64. The minimum Gasteiger partial charge on any atom is -0.290 e. The summed E-state index contributed by atoms with van der Waals surface area (Å²) in [6.45, 7) is 2.36. The molecule has 0 fully saturated rings. The van der Waals surface area contributed by atoms with Gasteiger partial charge >= 0.3 is 0 Å². The second kappa shape index (κ2) is 4.31. The van der Waals surface area contributed by atoms with E-state index in [9.17, 15) is 4.79 Å². The molecule has 0 aliphatic carbocycles. The Labute approximate surface area is 95.0 Å². The van der Waals surface area contributed by atoms with Crippen LogP contribution in [-0.4, -0.2) is 10.4 Å². The highest BCUT2D eigenvalue weighted by atomic mass is 16.1. The van der Waals surface area contributed by atoms with Crippen LogP contribution in [0.5, 0.6) is 0 Å². The van der Waals surface area contributed by atoms with E-state index in [1.807, 2.05) is 66.1 Å². The number of carbonyl (C=O) groups excluding carboxylic acids is 1. The topological polar surface area (TPSA) is 25.9 Å². The van der Waals surface area contributed by atoms with Crippen molar-refractivity contribution in [3.05, 3.63) is 54.1 Å². The smallest absolute Gasteiger partial charge is 0.243 e. The molecule has 0 saturated heterocycles. The maximum absolute atomic E-state index is 12.0. The molecule has 2 rings (SSSR count). The monoisotopic (exact) mass is 215 g/mol. The van der Waals surface area contributed by atoms with Gasteiger partial charge in [0.1, 0.15) is 12.4 Å². The van der Waals surface area contributed by atoms with E-state index in [1.54, 1.807) is 0 Å². The average molecular weight is 215 g/mol. The largest absolute Gasteiger partial charge is 0.290 e. The van der Waals surface area contributed by atoms with Crippen LogP contribution in [0.15, 0.2) is 43.0 Å². The lowest BCUT2D eigenvalue weighted by atomic mass is 10.1. The third-order valence-corrected chi connectivity index (χ3v) is 2.60. The zero-order valence-electron chi connectivity index (χ0n) is 9.55. The Bertz CT molecular complexity index is 514. The van der Waals surface area contributed by atoms with Crippen molar-refractivity contribution in [3.8, 4) is 0 Å². The number of ketones is 1. The predicted molar refractivity (Wildman–Crippen MR) is 61.1 cm³/mol. The standard InChI is InChI=1S/C13H15N2O/c1-11-5-3-4-6-12(11)13(16)9-15-8-7-14(2)10-15/h3-8,10H,9H2,1-2H3/q+1. The maximum Gasteiger partial charge on any atom is 0.243 e. The van der Waals surface area contributed by atoms with Gasteiger partial charge in [0.05, 0.1) is 7.05 Å². The van der Waals surface area contributed by atoms with Crippen LogP contribution in [-0.2, 0) is 13.6 Å². The van der Waals surface area contributed by atoms with Crippen molar-refractivity contribution in [1.82, 2.24) is 4.57 Å². The van der Waals surface area contributed by atoms with Gasteiger partial charge in [-0.25, -0.2) is 9.13 Å². The van der Waals surface area contributed by atoms with Crippen LogP contribution in [0.1, 0.15) is 15.9 Å². The van der Waals surface area contributed by atoms with Crippen molar-refractivity contribution in [1.29, 1.82) is 0 Å². The third kappa shape index (κ3) is 2.19. The predicted octanol–water partition coefficient (Wildman–Crippen LogP) is 1.50. The van der Waals surface area contributed by atoms with Gasteiger partial charge in [0.2, 0.25) is 12.1 Å². The molecule has 0 unspecified atom stereocenters. The summed E-state index contributed by atoms with van der Waals surface area (Å²) in [5.41, 5.74) is 1.84. The number of benzene rings is 1. The number of Topliss-reactive ketones (excluding diaryl/α,β-unsaturated/α-hetero) is 1. The van der Waals surface area contributed by atoms with Gasteiger partial charge in [-0.2, -0.15) is 0 Å². The quantitative estimate of drug-likeness (QED) is 0.563.